The van der Waals surface area contributed by atoms with Crippen molar-refractivity contribution in [3.63, 3.8) is 0 Å². The van der Waals surface area contributed by atoms with Gasteiger partial charge in [0.15, 0.2) is 17.5 Å². The predicted octanol–water partition coefficient (Wildman–Crippen LogP) is 12.0. The third-order valence-electron chi connectivity index (χ3n) is 9.12. The number of rotatable bonds is 4. The number of fused-ring (bicyclic) bond motifs is 8. The number of thiophene rings is 1. The number of hydrogen-bond acceptors (Lipinski definition) is 5. The molecule has 224 valence electrons. The van der Waals surface area contributed by atoms with Gasteiger partial charge in [-0.25, -0.2) is 15.0 Å². The largest absolute Gasteiger partial charge is 0.455 e. The highest BCUT2D eigenvalue weighted by Crippen LogP contribution is 2.46. The van der Waals surface area contributed by atoms with E-state index in [1.807, 2.05) is 72.0 Å². The maximum atomic E-state index is 6.82. The molecule has 0 atom stereocenters. The van der Waals surface area contributed by atoms with Crippen molar-refractivity contribution >= 4 is 64.2 Å². The van der Waals surface area contributed by atoms with Gasteiger partial charge >= 0.3 is 0 Å². The van der Waals surface area contributed by atoms with Crippen molar-refractivity contribution in [2.75, 3.05) is 0 Å². The number of aromatic nitrogens is 3. The Balaban J connectivity index is 1.31. The SMILES string of the molecule is c1ccc(-c2nc(-c3ccccc3)nc(-c3cc(-c4cccc5c4sc4ccccc45)c4c(c3)oc3c5ccccc5ccc34)n2)cc1. The van der Waals surface area contributed by atoms with Gasteiger partial charge in [0, 0.05) is 58.6 Å². The Morgan fingerprint density at radius 3 is 1.81 bits per heavy atom. The van der Waals surface area contributed by atoms with Gasteiger partial charge in [-0.05, 0) is 35.2 Å². The Bertz CT molecular complexity index is 2780. The summed E-state index contributed by atoms with van der Waals surface area (Å²) in [4.78, 5) is 15.1. The van der Waals surface area contributed by atoms with Crippen LogP contribution >= 0.6 is 11.3 Å². The third kappa shape index (κ3) is 4.25. The molecular weight excluding hydrogens is 607 g/mol. The molecule has 10 rings (SSSR count). The molecule has 0 bridgehead atoms. The van der Waals surface area contributed by atoms with Crippen molar-refractivity contribution < 1.29 is 4.42 Å². The normalized spacial score (nSPS) is 11.8. The zero-order chi connectivity index (χ0) is 31.6. The second-order valence-electron chi connectivity index (χ2n) is 12.0. The van der Waals surface area contributed by atoms with Gasteiger partial charge in [-0.2, -0.15) is 0 Å². The number of hydrogen-bond donors (Lipinski definition) is 0. The number of benzene rings is 7. The molecule has 4 nitrogen and oxygen atoms in total. The van der Waals surface area contributed by atoms with Gasteiger partial charge in [-0.1, -0.05) is 127 Å². The second kappa shape index (κ2) is 10.7. The van der Waals surface area contributed by atoms with Gasteiger partial charge in [-0.3, -0.25) is 0 Å². The van der Waals surface area contributed by atoms with E-state index in [1.54, 1.807) is 0 Å². The van der Waals surface area contributed by atoms with Crippen LogP contribution < -0.4 is 0 Å². The molecule has 0 unspecified atom stereocenters. The fraction of sp³-hybridized carbons (Fsp3) is 0. The van der Waals surface area contributed by atoms with Crippen molar-refractivity contribution in [2.24, 2.45) is 0 Å². The molecule has 0 amide bonds. The number of furan rings is 1. The molecule has 0 N–H and O–H groups in total. The van der Waals surface area contributed by atoms with Crippen LogP contribution in [0.4, 0.5) is 0 Å². The molecule has 0 saturated carbocycles. The molecule has 0 radical (unpaired) electrons. The summed E-state index contributed by atoms with van der Waals surface area (Å²) in [7, 11) is 0. The zero-order valence-corrected chi connectivity index (χ0v) is 26.4. The van der Waals surface area contributed by atoms with Crippen LogP contribution in [0, 0.1) is 0 Å². The minimum Gasteiger partial charge on any atom is -0.455 e. The van der Waals surface area contributed by atoms with Crippen LogP contribution in [0.25, 0.3) is 98.2 Å². The fourth-order valence-electron chi connectivity index (χ4n) is 6.87. The predicted molar refractivity (Wildman–Crippen MR) is 199 cm³/mol. The van der Waals surface area contributed by atoms with E-state index in [-0.39, 0.29) is 0 Å². The first-order chi connectivity index (χ1) is 23.8. The fourth-order valence-corrected chi connectivity index (χ4v) is 8.10. The molecular formula is C43H25N3OS. The highest BCUT2D eigenvalue weighted by molar-refractivity contribution is 7.26. The quantitative estimate of drug-likeness (QED) is 0.194. The van der Waals surface area contributed by atoms with E-state index in [9.17, 15) is 0 Å². The average molecular weight is 632 g/mol. The molecule has 48 heavy (non-hydrogen) atoms. The van der Waals surface area contributed by atoms with Crippen molar-refractivity contribution in [3.8, 4) is 45.3 Å². The molecule has 0 fully saturated rings. The zero-order valence-electron chi connectivity index (χ0n) is 25.6. The highest BCUT2D eigenvalue weighted by atomic mass is 32.1. The van der Waals surface area contributed by atoms with E-state index in [0.29, 0.717) is 17.5 Å². The van der Waals surface area contributed by atoms with Crippen molar-refractivity contribution in [2.45, 2.75) is 0 Å². The Kier molecular flexibility index (Phi) is 6.01. The summed E-state index contributed by atoms with van der Waals surface area (Å²) in [5.74, 6) is 1.85. The van der Waals surface area contributed by atoms with Crippen LogP contribution in [0.1, 0.15) is 0 Å². The van der Waals surface area contributed by atoms with Crippen LogP contribution in [0.15, 0.2) is 156 Å². The lowest BCUT2D eigenvalue weighted by Gasteiger charge is -2.11. The van der Waals surface area contributed by atoms with Crippen LogP contribution in [0.5, 0.6) is 0 Å². The van der Waals surface area contributed by atoms with Gasteiger partial charge in [-0.15, -0.1) is 11.3 Å². The van der Waals surface area contributed by atoms with Crippen LogP contribution in [-0.2, 0) is 0 Å². The first-order valence-electron chi connectivity index (χ1n) is 15.9. The Morgan fingerprint density at radius 1 is 0.438 bits per heavy atom. The summed E-state index contributed by atoms with van der Waals surface area (Å²) < 4.78 is 9.34. The second-order valence-corrected chi connectivity index (χ2v) is 13.0. The Labute approximate surface area is 279 Å². The van der Waals surface area contributed by atoms with Gasteiger partial charge in [0.1, 0.15) is 11.2 Å². The molecule has 3 aromatic heterocycles. The van der Waals surface area contributed by atoms with Crippen LogP contribution in [0.2, 0.25) is 0 Å². The molecule has 0 aliphatic carbocycles. The summed E-state index contributed by atoms with van der Waals surface area (Å²) >= 11 is 1.83. The molecule has 7 aromatic carbocycles. The molecule has 10 aromatic rings. The third-order valence-corrected chi connectivity index (χ3v) is 10.3. The molecule has 0 aliphatic rings. The summed E-state index contributed by atoms with van der Waals surface area (Å²) in [6.07, 6.45) is 0. The van der Waals surface area contributed by atoms with Gasteiger partial charge in [0.05, 0.1) is 0 Å². The Hall–Kier alpha value is -6.17. The standard InChI is InChI=1S/C43H25N3OS/c1-3-13-27(14-4-1)41-44-42(28-15-5-2-6-16-28)46-43(45-41)29-24-35(33-20-11-19-32-31-18-9-10-21-37(31)48-40(32)33)38-34-23-22-26-12-7-8-17-30(26)39(34)47-36(38)25-29/h1-25H. The van der Waals surface area contributed by atoms with Crippen LogP contribution in [0.3, 0.4) is 0 Å². The molecule has 3 heterocycles. The van der Waals surface area contributed by atoms with Crippen molar-refractivity contribution in [3.05, 3.63) is 152 Å². The van der Waals surface area contributed by atoms with E-state index in [0.717, 1.165) is 60.5 Å². The molecule has 5 heteroatoms. The first kappa shape index (κ1) is 27.0. The van der Waals surface area contributed by atoms with E-state index in [2.05, 4.69) is 91.0 Å². The van der Waals surface area contributed by atoms with Crippen LogP contribution in [-0.4, -0.2) is 15.0 Å². The van der Waals surface area contributed by atoms with Crippen molar-refractivity contribution in [1.82, 2.24) is 15.0 Å². The van der Waals surface area contributed by atoms with E-state index in [4.69, 9.17) is 19.4 Å². The van der Waals surface area contributed by atoms with Gasteiger partial charge in [0.25, 0.3) is 0 Å². The minimum absolute atomic E-state index is 0.597. The van der Waals surface area contributed by atoms with Gasteiger partial charge in [0.2, 0.25) is 0 Å². The summed E-state index contributed by atoms with van der Waals surface area (Å²) in [6, 6.07) is 52.6. The maximum Gasteiger partial charge on any atom is 0.164 e. The lowest BCUT2D eigenvalue weighted by molar-refractivity contribution is 0.673. The lowest BCUT2D eigenvalue weighted by atomic mass is 9.95. The first-order valence-corrected chi connectivity index (χ1v) is 16.8. The minimum atomic E-state index is 0.597. The number of nitrogens with zero attached hydrogens (tertiary/aromatic N) is 3. The topological polar surface area (TPSA) is 51.8 Å². The average Bonchev–Trinajstić information content (AvgIpc) is 3.74. The van der Waals surface area contributed by atoms with E-state index in [1.165, 1.54) is 20.2 Å². The van der Waals surface area contributed by atoms with E-state index >= 15 is 0 Å². The molecule has 0 aliphatic heterocycles. The molecule has 0 saturated heterocycles. The maximum absolute atomic E-state index is 6.82. The summed E-state index contributed by atoms with van der Waals surface area (Å²) in [5, 5.41) is 6.95. The van der Waals surface area contributed by atoms with Gasteiger partial charge < -0.3 is 4.42 Å². The van der Waals surface area contributed by atoms with Crippen molar-refractivity contribution in [1.29, 1.82) is 0 Å². The smallest absolute Gasteiger partial charge is 0.164 e. The highest BCUT2D eigenvalue weighted by Gasteiger charge is 2.21. The summed E-state index contributed by atoms with van der Waals surface area (Å²) in [6.45, 7) is 0. The molecule has 0 spiro atoms. The summed E-state index contributed by atoms with van der Waals surface area (Å²) in [5.41, 5.74) is 6.68. The Morgan fingerprint density at radius 2 is 1.06 bits per heavy atom. The van der Waals surface area contributed by atoms with E-state index < -0.39 is 0 Å². The lowest BCUT2D eigenvalue weighted by Crippen LogP contribution is -2.00. The monoisotopic (exact) mass is 631 g/mol.